The fourth-order valence-electron chi connectivity index (χ4n) is 2.54. The molecule has 8 nitrogen and oxygen atoms in total. The predicted octanol–water partition coefficient (Wildman–Crippen LogP) is 3.46. The smallest absolute Gasteiger partial charge is 0.324 e. The van der Waals surface area contributed by atoms with Crippen molar-refractivity contribution in [2.75, 3.05) is 20.3 Å². The van der Waals surface area contributed by atoms with E-state index in [1.54, 1.807) is 7.11 Å². The van der Waals surface area contributed by atoms with Gasteiger partial charge >= 0.3 is 5.00 Å². The predicted molar refractivity (Wildman–Crippen MR) is 104 cm³/mol. The topological polar surface area (TPSA) is 96.0 Å². The monoisotopic (exact) mass is 407 g/mol. The van der Waals surface area contributed by atoms with Gasteiger partial charge < -0.3 is 14.0 Å². The van der Waals surface area contributed by atoms with Crippen LogP contribution in [0.1, 0.15) is 16.6 Å². The highest BCUT2D eigenvalue weighted by Crippen LogP contribution is 2.28. The second-order valence-corrected chi connectivity index (χ2v) is 7.42. The van der Waals surface area contributed by atoms with Crippen LogP contribution in [-0.4, -0.2) is 35.7 Å². The van der Waals surface area contributed by atoms with Gasteiger partial charge in [0.25, 0.3) is 5.91 Å². The van der Waals surface area contributed by atoms with E-state index in [-0.39, 0.29) is 9.88 Å². The van der Waals surface area contributed by atoms with Crippen molar-refractivity contribution >= 4 is 43.8 Å². The number of rotatable bonds is 7. The molecule has 1 aromatic carbocycles. The molecule has 3 rings (SSSR count). The third kappa shape index (κ3) is 4.07. The Bertz CT molecular complexity index is 1050. The zero-order valence-electron chi connectivity index (χ0n) is 14.7. The van der Waals surface area contributed by atoms with Crippen LogP contribution in [0.25, 0.3) is 10.2 Å². The Balaban J connectivity index is 2.08. The van der Waals surface area contributed by atoms with Crippen LogP contribution in [0.5, 0.6) is 5.75 Å². The normalized spacial score (nSPS) is 11.9. The number of hydrogen-bond acceptors (Lipinski definition) is 7. The molecule has 27 heavy (non-hydrogen) atoms. The number of nitrogens with zero attached hydrogens (tertiary/aromatic N) is 3. The lowest BCUT2D eigenvalue weighted by Gasteiger charge is -2.08. The molecule has 2 aromatic heterocycles. The molecular formula is C17H17N3O5S2. The summed E-state index contributed by atoms with van der Waals surface area (Å²) in [5, 5.41) is 10.7. The fourth-order valence-corrected chi connectivity index (χ4v) is 4.31. The minimum absolute atomic E-state index is 0.0872. The van der Waals surface area contributed by atoms with E-state index < -0.39 is 10.8 Å². The van der Waals surface area contributed by atoms with Crippen LogP contribution in [0.3, 0.4) is 0 Å². The molecule has 0 bridgehead atoms. The van der Waals surface area contributed by atoms with E-state index in [1.807, 2.05) is 29.7 Å². The molecule has 0 saturated heterocycles. The summed E-state index contributed by atoms with van der Waals surface area (Å²) in [7, 11) is 1.59. The Labute approximate surface area is 162 Å². The third-order valence-corrected chi connectivity index (χ3v) is 5.80. The number of carbonyl (C=O) groups is 1. The lowest BCUT2D eigenvalue weighted by atomic mass is 10.3. The van der Waals surface area contributed by atoms with E-state index in [1.165, 1.54) is 23.5 Å². The van der Waals surface area contributed by atoms with Gasteiger partial charge in [-0.1, -0.05) is 28.7 Å². The first-order chi connectivity index (χ1) is 13.0. The van der Waals surface area contributed by atoms with Crippen LogP contribution in [0.15, 0.2) is 35.3 Å². The van der Waals surface area contributed by atoms with Crippen LogP contribution >= 0.6 is 22.7 Å². The molecule has 0 fully saturated rings. The highest BCUT2D eigenvalue weighted by Gasteiger charge is 2.16. The maximum atomic E-state index is 12.5. The van der Waals surface area contributed by atoms with Gasteiger partial charge in [0.1, 0.15) is 16.1 Å². The number of carbonyl (C=O) groups excluding carboxylic acids is 1. The summed E-state index contributed by atoms with van der Waals surface area (Å²) >= 11 is 2.17. The van der Waals surface area contributed by atoms with Crippen molar-refractivity contribution in [1.29, 1.82) is 0 Å². The van der Waals surface area contributed by atoms with Crippen LogP contribution in [0.2, 0.25) is 0 Å². The van der Waals surface area contributed by atoms with Crippen LogP contribution in [0.4, 0.5) is 5.00 Å². The Morgan fingerprint density at radius 1 is 1.30 bits per heavy atom. The Morgan fingerprint density at radius 3 is 2.78 bits per heavy atom. The number of methoxy groups -OCH3 is 1. The SMILES string of the molecule is CCOCCn1c(=NC(=O)c2ccc([N+](=O)[O-])s2)sc2cccc(OC)c21. The lowest BCUT2D eigenvalue weighted by Crippen LogP contribution is -2.19. The molecule has 0 aliphatic rings. The third-order valence-electron chi connectivity index (χ3n) is 3.73. The van der Waals surface area contributed by atoms with E-state index in [2.05, 4.69) is 4.99 Å². The van der Waals surface area contributed by atoms with E-state index in [0.29, 0.717) is 30.3 Å². The number of ether oxygens (including phenoxy) is 2. The summed E-state index contributed by atoms with van der Waals surface area (Å²) in [6, 6.07) is 8.38. The Hall–Kier alpha value is -2.56. The van der Waals surface area contributed by atoms with Crippen molar-refractivity contribution in [2.45, 2.75) is 13.5 Å². The quantitative estimate of drug-likeness (QED) is 0.339. The summed E-state index contributed by atoms with van der Waals surface area (Å²) in [5.74, 6) is 0.171. The van der Waals surface area contributed by atoms with Crippen molar-refractivity contribution in [3.63, 3.8) is 0 Å². The van der Waals surface area contributed by atoms with Crippen molar-refractivity contribution in [3.8, 4) is 5.75 Å². The number of aromatic nitrogens is 1. The Kier molecular flexibility index (Phi) is 5.99. The van der Waals surface area contributed by atoms with Gasteiger partial charge in [0, 0.05) is 19.2 Å². The van der Waals surface area contributed by atoms with Crippen molar-refractivity contribution in [3.05, 3.63) is 50.1 Å². The standard InChI is InChI=1S/C17H17N3O5S2/c1-3-25-10-9-19-15-11(24-2)5-4-6-12(15)27-17(19)18-16(21)13-7-8-14(26-13)20(22)23/h4-8H,3,9-10H2,1-2H3. The molecule has 0 N–H and O–H groups in total. The van der Waals surface area contributed by atoms with Crippen molar-refractivity contribution in [2.24, 2.45) is 4.99 Å². The fraction of sp³-hybridized carbons (Fsp3) is 0.294. The van der Waals surface area contributed by atoms with Gasteiger partial charge in [0.05, 0.1) is 23.3 Å². The summed E-state index contributed by atoms with van der Waals surface area (Å²) < 4.78 is 13.7. The van der Waals surface area contributed by atoms with Crippen LogP contribution in [0, 0.1) is 10.1 Å². The number of amides is 1. The number of para-hydroxylation sites is 1. The molecule has 1 amide bonds. The molecule has 10 heteroatoms. The lowest BCUT2D eigenvalue weighted by molar-refractivity contribution is -0.380. The molecule has 0 radical (unpaired) electrons. The second kappa shape index (κ2) is 8.42. The molecule has 142 valence electrons. The van der Waals surface area contributed by atoms with E-state index >= 15 is 0 Å². The summed E-state index contributed by atoms with van der Waals surface area (Å²) in [6.45, 7) is 3.47. The van der Waals surface area contributed by atoms with Crippen molar-refractivity contribution < 1.29 is 19.2 Å². The number of thiophene rings is 1. The first kappa shape index (κ1) is 19.2. The van der Waals surface area contributed by atoms with Crippen LogP contribution < -0.4 is 9.54 Å². The maximum Gasteiger partial charge on any atom is 0.324 e. The van der Waals surface area contributed by atoms with E-state index in [0.717, 1.165) is 21.6 Å². The molecule has 0 atom stereocenters. The molecule has 3 aromatic rings. The van der Waals surface area contributed by atoms with Gasteiger partial charge in [0.15, 0.2) is 4.80 Å². The summed E-state index contributed by atoms with van der Waals surface area (Å²) in [6.07, 6.45) is 0. The molecule has 0 unspecified atom stereocenters. The highest BCUT2D eigenvalue weighted by atomic mass is 32.1. The molecular weight excluding hydrogens is 390 g/mol. The average Bonchev–Trinajstić information content (AvgIpc) is 3.27. The number of fused-ring (bicyclic) bond motifs is 1. The van der Waals surface area contributed by atoms with Gasteiger partial charge in [-0.3, -0.25) is 14.9 Å². The first-order valence-electron chi connectivity index (χ1n) is 8.12. The number of nitro groups is 1. The molecule has 0 aliphatic carbocycles. The minimum Gasteiger partial charge on any atom is -0.495 e. The largest absolute Gasteiger partial charge is 0.495 e. The first-order valence-corrected chi connectivity index (χ1v) is 9.75. The Morgan fingerprint density at radius 2 is 2.11 bits per heavy atom. The number of thiazole rings is 1. The second-order valence-electron chi connectivity index (χ2n) is 5.35. The van der Waals surface area contributed by atoms with Crippen LogP contribution in [-0.2, 0) is 11.3 Å². The van der Waals surface area contributed by atoms with E-state index in [4.69, 9.17) is 9.47 Å². The van der Waals surface area contributed by atoms with Gasteiger partial charge in [-0.2, -0.15) is 4.99 Å². The number of hydrogen-bond donors (Lipinski definition) is 0. The number of benzene rings is 1. The average molecular weight is 407 g/mol. The molecule has 0 saturated carbocycles. The molecule has 2 heterocycles. The molecule has 0 aliphatic heterocycles. The van der Waals surface area contributed by atoms with Gasteiger partial charge in [-0.15, -0.1) is 0 Å². The zero-order valence-corrected chi connectivity index (χ0v) is 16.3. The van der Waals surface area contributed by atoms with Gasteiger partial charge in [0.2, 0.25) is 0 Å². The zero-order chi connectivity index (χ0) is 19.4. The highest BCUT2D eigenvalue weighted by molar-refractivity contribution is 7.17. The van der Waals surface area contributed by atoms with Crippen molar-refractivity contribution in [1.82, 2.24) is 4.57 Å². The summed E-state index contributed by atoms with van der Waals surface area (Å²) in [4.78, 5) is 27.8. The molecule has 0 spiro atoms. The van der Waals surface area contributed by atoms with Gasteiger partial charge in [-0.05, 0) is 25.1 Å². The maximum absolute atomic E-state index is 12.5. The van der Waals surface area contributed by atoms with E-state index in [9.17, 15) is 14.9 Å². The minimum atomic E-state index is -0.520. The summed E-state index contributed by atoms with van der Waals surface area (Å²) in [5.41, 5.74) is 0.841. The van der Waals surface area contributed by atoms with Gasteiger partial charge in [-0.25, -0.2) is 0 Å².